The summed E-state index contributed by atoms with van der Waals surface area (Å²) in [5.74, 6) is 0.443. The van der Waals surface area contributed by atoms with Crippen molar-refractivity contribution in [2.45, 2.75) is 31.7 Å². The number of nitrogens with zero attached hydrogens (tertiary/aromatic N) is 2. The Kier molecular flexibility index (Phi) is 3.78. The molecular formula is C10H17N3O4. The van der Waals surface area contributed by atoms with Crippen molar-refractivity contribution in [3.05, 3.63) is 10.1 Å². The van der Waals surface area contributed by atoms with Gasteiger partial charge < -0.3 is 10.2 Å². The van der Waals surface area contributed by atoms with Gasteiger partial charge in [-0.25, -0.2) is 9.63 Å². The summed E-state index contributed by atoms with van der Waals surface area (Å²) in [6.07, 6.45) is 3.06. The monoisotopic (exact) mass is 243 g/mol. The van der Waals surface area contributed by atoms with Crippen molar-refractivity contribution in [2.75, 3.05) is 19.6 Å². The van der Waals surface area contributed by atoms with Gasteiger partial charge in [-0.15, -0.1) is 10.1 Å². The van der Waals surface area contributed by atoms with Gasteiger partial charge in [0.25, 0.3) is 0 Å². The summed E-state index contributed by atoms with van der Waals surface area (Å²) < 4.78 is 0. The summed E-state index contributed by atoms with van der Waals surface area (Å²) in [6.45, 7) is 2.49. The maximum absolute atomic E-state index is 11.6. The van der Waals surface area contributed by atoms with Crippen LogP contribution in [0, 0.1) is 16.0 Å². The number of amides is 1. The van der Waals surface area contributed by atoms with Gasteiger partial charge in [-0.2, -0.15) is 0 Å². The molecule has 17 heavy (non-hydrogen) atoms. The molecule has 2 fully saturated rings. The summed E-state index contributed by atoms with van der Waals surface area (Å²) in [5, 5.41) is 12.4. The Hall–Kier alpha value is -1.37. The first-order valence-corrected chi connectivity index (χ1v) is 6.02. The quantitative estimate of drug-likeness (QED) is 0.572. The fraction of sp³-hybridized carbons (Fsp3) is 0.900. The van der Waals surface area contributed by atoms with E-state index in [-0.39, 0.29) is 6.04 Å². The van der Waals surface area contributed by atoms with Gasteiger partial charge in [0.15, 0.2) is 0 Å². The number of likely N-dealkylation sites (tertiary alicyclic amines) is 1. The molecule has 0 aromatic heterocycles. The number of piperidine rings is 1. The Bertz CT molecular complexity index is 304. The van der Waals surface area contributed by atoms with E-state index >= 15 is 0 Å². The van der Waals surface area contributed by atoms with Gasteiger partial charge in [0.1, 0.15) is 0 Å². The van der Waals surface area contributed by atoms with Crippen LogP contribution < -0.4 is 5.32 Å². The Morgan fingerprint density at radius 2 is 2.06 bits per heavy atom. The summed E-state index contributed by atoms with van der Waals surface area (Å²) in [6, 6.07) is 0.115. The fourth-order valence-corrected chi connectivity index (χ4v) is 2.85. The summed E-state index contributed by atoms with van der Waals surface area (Å²) >= 11 is 0. The van der Waals surface area contributed by atoms with Crippen LogP contribution in [0.5, 0.6) is 0 Å². The molecule has 2 saturated heterocycles. The van der Waals surface area contributed by atoms with Crippen LogP contribution in [0.15, 0.2) is 0 Å². The second-order valence-corrected chi connectivity index (χ2v) is 4.57. The maximum Gasteiger partial charge on any atom is 0.399 e. The van der Waals surface area contributed by atoms with Crippen LogP contribution in [-0.2, 0) is 4.84 Å². The lowest BCUT2D eigenvalue weighted by Crippen LogP contribution is -2.44. The number of hydrogen-bond acceptors (Lipinski definition) is 5. The number of rotatable bonds is 2. The van der Waals surface area contributed by atoms with Gasteiger partial charge >= 0.3 is 11.2 Å². The van der Waals surface area contributed by atoms with Crippen molar-refractivity contribution in [3.63, 3.8) is 0 Å². The lowest BCUT2D eigenvalue weighted by atomic mass is 9.89. The van der Waals surface area contributed by atoms with Crippen molar-refractivity contribution in [1.82, 2.24) is 10.2 Å². The second-order valence-electron chi connectivity index (χ2n) is 4.57. The molecular weight excluding hydrogens is 226 g/mol. The molecule has 2 rings (SSSR count). The normalized spacial score (nSPS) is 25.9. The van der Waals surface area contributed by atoms with Crippen LogP contribution >= 0.6 is 0 Å². The molecule has 96 valence electrons. The topological polar surface area (TPSA) is 84.7 Å². The molecule has 0 aromatic rings. The average molecular weight is 243 g/mol. The van der Waals surface area contributed by atoms with Crippen LogP contribution in [0.2, 0.25) is 0 Å². The molecule has 1 amide bonds. The van der Waals surface area contributed by atoms with Crippen LogP contribution in [0.1, 0.15) is 25.7 Å². The van der Waals surface area contributed by atoms with E-state index in [0.29, 0.717) is 12.5 Å². The highest BCUT2D eigenvalue weighted by Gasteiger charge is 2.36. The fourth-order valence-electron chi connectivity index (χ4n) is 2.85. The molecule has 0 aliphatic carbocycles. The molecule has 7 heteroatoms. The van der Waals surface area contributed by atoms with Gasteiger partial charge in [0.05, 0.1) is 0 Å². The largest absolute Gasteiger partial charge is 0.399 e. The standard InChI is InChI=1S/C10H17N3O4/c14-10(17-13(15)16)12-7-1-2-9(12)8-3-5-11-6-4-8/h8-9,11H,1-7H2. The molecule has 2 aliphatic heterocycles. The minimum Gasteiger partial charge on any atom is -0.317 e. The first-order valence-electron chi connectivity index (χ1n) is 6.02. The first kappa shape index (κ1) is 12.1. The molecule has 0 bridgehead atoms. The molecule has 2 aliphatic rings. The SMILES string of the molecule is O=C(O[N+](=O)[O-])N1CCCC1C1CCNCC1. The van der Waals surface area contributed by atoms with E-state index in [1.54, 1.807) is 0 Å². The summed E-state index contributed by atoms with van der Waals surface area (Å²) in [4.78, 5) is 27.3. The zero-order valence-electron chi connectivity index (χ0n) is 9.63. The minimum absolute atomic E-state index is 0.115. The van der Waals surface area contributed by atoms with E-state index < -0.39 is 11.2 Å². The van der Waals surface area contributed by atoms with Crippen LogP contribution in [0.3, 0.4) is 0 Å². The predicted octanol–water partition coefficient (Wildman–Crippen LogP) is 0.779. The van der Waals surface area contributed by atoms with E-state index in [0.717, 1.165) is 38.8 Å². The van der Waals surface area contributed by atoms with E-state index in [1.165, 1.54) is 4.90 Å². The predicted molar refractivity (Wildman–Crippen MR) is 58.8 cm³/mol. The number of carbonyl (C=O) groups is 1. The molecule has 0 aromatic carbocycles. The molecule has 2 heterocycles. The van der Waals surface area contributed by atoms with Gasteiger partial charge in [-0.3, -0.25) is 0 Å². The van der Waals surface area contributed by atoms with Crippen molar-refractivity contribution in [1.29, 1.82) is 0 Å². The van der Waals surface area contributed by atoms with Gasteiger partial charge in [0, 0.05) is 12.6 Å². The van der Waals surface area contributed by atoms with Crippen LogP contribution in [0.25, 0.3) is 0 Å². The third kappa shape index (κ3) is 2.85. The number of hydrogen-bond donors (Lipinski definition) is 1. The maximum atomic E-state index is 11.6. The Morgan fingerprint density at radius 1 is 1.35 bits per heavy atom. The van der Waals surface area contributed by atoms with E-state index in [9.17, 15) is 14.9 Å². The molecule has 0 spiro atoms. The minimum atomic E-state index is -1.03. The highest BCUT2D eigenvalue weighted by atomic mass is 17.0. The summed E-state index contributed by atoms with van der Waals surface area (Å²) in [7, 11) is 0. The van der Waals surface area contributed by atoms with Gasteiger partial charge in [-0.1, -0.05) is 0 Å². The zero-order valence-corrected chi connectivity index (χ0v) is 9.63. The van der Waals surface area contributed by atoms with Crippen molar-refractivity contribution in [2.24, 2.45) is 5.92 Å². The Morgan fingerprint density at radius 3 is 2.71 bits per heavy atom. The Balaban J connectivity index is 1.96. The number of carbonyl (C=O) groups excluding carboxylic acids is 1. The molecule has 0 radical (unpaired) electrons. The Labute approximate surface area is 99.2 Å². The van der Waals surface area contributed by atoms with E-state index in [2.05, 4.69) is 10.2 Å². The smallest absolute Gasteiger partial charge is 0.317 e. The highest BCUT2D eigenvalue weighted by molar-refractivity contribution is 5.67. The molecule has 7 nitrogen and oxygen atoms in total. The molecule has 1 atom stereocenters. The summed E-state index contributed by atoms with van der Waals surface area (Å²) in [5.41, 5.74) is 0. The van der Waals surface area contributed by atoms with Gasteiger partial charge in [-0.05, 0) is 44.7 Å². The van der Waals surface area contributed by atoms with E-state index in [4.69, 9.17) is 0 Å². The van der Waals surface area contributed by atoms with E-state index in [1.807, 2.05) is 0 Å². The van der Waals surface area contributed by atoms with Crippen LogP contribution in [-0.4, -0.2) is 41.8 Å². The van der Waals surface area contributed by atoms with Crippen molar-refractivity contribution in [3.8, 4) is 0 Å². The third-order valence-electron chi connectivity index (χ3n) is 3.61. The third-order valence-corrected chi connectivity index (χ3v) is 3.61. The molecule has 0 saturated carbocycles. The zero-order chi connectivity index (χ0) is 12.3. The number of nitrogens with one attached hydrogen (secondary N) is 1. The first-order chi connectivity index (χ1) is 8.18. The van der Waals surface area contributed by atoms with Gasteiger partial charge in [0.2, 0.25) is 0 Å². The molecule has 1 N–H and O–H groups in total. The van der Waals surface area contributed by atoms with Crippen molar-refractivity contribution >= 4 is 6.09 Å². The lowest BCUT2D eigenvalue weighted by molar-refractivity contribution is -0.729. The van der Waals surface area contributed by atoms with Crippen molar-refractivity contribution < 1.29 is 14.7 Å². The lowest BCUT2D eigenvalue weighted by Gasteiger charge is -2.33. The highest BCUT2D eigenvalue weighted by Crippen LogP contribution is 2.29. The average Bonchev–Trinajstić information content (AvgIpc) is 2.78. The second kappa shape index (κ2) is 5.31. The molecule has 1 unspecified atom stereocenters. The van der Waals surface area contributed by atoms with Crippen LogP contribution in [0.4, 0.5) is 4.79 Å².